The van der Waals surface area contributed by atoms with Crippen LogP contribution >= 0.6 is 0 Å². The van der Waals surface area contributed by atoms with Crippen molar-refractivity contribution >= 4 is 29.3 Å². The molecule has 10 heteroatoms. The predicted molar refractivity (Wildman–Crippen MR) is 152 cm³/mol. The van der Waals surface area contributed by atoms with Gasteiger partial charge in [0.2, 0.25) is 17.8 Å². The zero-order valence-electron chi connectivity index (χ0n) is 23.3. The van der Waals surface area contributed by atoms with E-state index in [9.17, 15) is 14.0 Å². The zero-order chi connectivity index (χ0) is 28.4. The van der Waals surface area contributed by atoms with Crippen LogP contribution in [0.25, 0.3) is 0 Å². The molecule has 0 radical (unpaired) electrons. The lowest BCUT2D eigenvalue weighted by Gasteiger charge is -2.34. The number of carbonyl (C=O) groups excluding carboxylic acids is 2. The van der Waals surface area contributed by atoms with Crippen molar-refractivity contribution in [1.29, 1.82) is 0 Å². The highest BCUT2D eigenvalue weighted by Crippen LogP contribution is 2.27. The highest BCUT2D eigenvalue weighted by atomic mass is 19.1. The second-order valence-corrected chi connectivity index (χ2v) is 9.95. The molecule has 208 valence electrons. The number of likely N-dealkylation sites (N-methyl/N-ethyl adjacent to an activating group) is 2. The molecule has 2 amide bonds. The van der Waals surface area contributed by atoms with Crippen LogP contribution in [0.1, 0.15) is 38.7 Å². The summed E-state index contributed by atoms with van der Waals surface area (Å²) >= 11 is 0. The van der Waals surface area contributed by atoms with Gasteiger partial charge in [0.25, 0.3) is 0 Å². The molecule has 3 rings (SSSR count). The third kappa shape index (κ3) is 9.07. The van der Waals surface area contributed by atoms with E-state index in [-0.39, 0.29) is 29.6 Å². The molecule has 9 nitrogen and oxygen atoms in total. The molecule has 3 N–H and O–H groups in total. The summed E-state index contributed by atoms with van der Waals surface area (Å²) in [6.45, 7) is 5.16. The number of benzene rings is 1. The van der Waals surface area contributed by atoms with Crippen LogP contribution in [0.4, 0.5) is 21.8 Å². The van der Waals surface area contributed by atoms with Crippen molar-refractivity contribution in [2.75, 3.05) is 44.9 Å². The molecular formula is C29H38FN7O2. The highest BCUT2D eigenvalue weighted by Gasteiger charge is 2.31. The normalized spacial score (nSPS) is 17.1. The van der Waals surface area contributed by atoms with Crippen molar-refractivity contribution in [2.45, 2.75) is 45.2 Å². The molecule has 1 aromatic heterocycles. The number of amides is 2. The van der Waals surface area contributed by atoms with Crippen LogP contribution in [0.2, 0.25) is 0 Å². The number of rotatable bonds is 11. The predicted octanol–water partition coefficient (Wildman–Crippen LogP) is 3.39. The van der Waals surface area contributed by atoms with E-state index >= 15 is 0 Å². The molecule has 0 saturated heterocycles. The quantitative estimate of drug-likeness (QED) is 0.299. The summed E-state index contributed by atoms with van der Waals surface area (Å²) < 4.78 is 13.5. The van der Waals surface area contributed by atoms with Gasteiger partial charge in [0.15, 0.2) is 0 Å². The average molecular weight is 536 g/mol. The van der Waals surface area contributed by atoms with Gasteiger partial charge in [0, 0.05) is 43.9 Å². The maximum Gasteiger partial charge on any atom is 0.246 e. The van der Waals surface area contributed by atoms with Crippen LogP contribution in [-0.2, 0) is 9.59 Å². The molecule has 0 aliphatic heterocycles. The van der Waals surface area contributed by atoms with Crippen molar-refractivity contribution in [3.8, 4) is 11.8 Å². The minimum Gasteiger partial charge on any atom is -0.369 e. The third-order valence-corrected chi connectivity index (χ3v) is 6.35. The Morgan fingerprint density at radius 2 is 2.03 bits per heavy atom. The van der Waals surface area contributed by atoms with Crippen molar-refractivity contribution in [3.63, 3.8) is 0 Å². The van der Waals surface area contributed by atoms with Crippen LogP contribution in [0.5, 0.6) is 0 Å². The smallest absolute Gasteiger partial charge is 0.246 e. The Hall–Kier alpha value is -3.97. The molecule has 1 saturated carbocycles. The molecule has 1 aromatic carbocycles. The summed E-state index contributed by atoms with van der Waals surface area (Å²) in [5, 5.41) is 9.32. The Balaban J connectivity index is 1.54. The van der Waals surface area contributed by atoms with Crippen LogP contribution in [-0.4, -0.2) is 77.9 Å². The number of hydrogen-bond donors (Lipinski definition) is 3. The SMILES string of the molecule is CCCNc1nc(Nc2cccc(F)c2)ncc1C#CC1CC(NC(=O)C(C)N(C)C(=O)C=CCN(C)C)C1. The fraction of sp³-hybridized carbons (Fsp3) is 0.448. The molecule has 1 fully saturated rings. The van der Waals surface area contributed by atoms with E-state index in [1.54, 1.807) is 38.4 Å². The fourth-order valence-corrected chi connectivity index (χ4v) is 3.81. The maximum atomic E-state index is 13.5. The van der Waals surface area contributed by atoms with Gasteiger partial charge in [-0.15, -0.1) is 0 Å². The number of anilines is 3. The third-order valence-electron chi connectivity index (χ3n) is 6.35. The lowest BCUT2D eigenvalue weighted by molar-refractivity contribution is -0.135. The van der Waals surface area contributed by atoms with E-state index in [1.165, 1.54) is 23.1 Å². The molecule has 39 heavy (non-hydrogen) atoms. The second kappa shape index (κ2) is 14.3. The molecule has 0 bridgehead atoms. The molecule has 1 heterocycles. The molecule has 1 aliphatic rings. The summed E-state index contributed by atoms with van der Waals surface area (Å²) in [6.07, 6.45) is 7.32. The Labute approximate surface area is 230 Å². The van der Waals surface area contributed by atoms with Crippen molar-refractivity contribution in [1.82, 2.24) is 25.1 Å². The number of carbonyl (C=O) groups is 2. The topological polar surface area (TPSA) is 102 Å². The van der Waals surface area contributed by atoms with Crippen LogP contribution < -0.4 is 16.0 Å². The van der Waals surface area contributed by atoms with E-state index in [0.717, 1.165) is 25.8 Å². The lowest BCUT2D eigenvalue weighted by atomic mass is 9.80. The van der Waals surface area contributed by atoms with E-state index in [1.807, 2.05) is 19.0 Å². The fourth-order valence-electron chi connectivity index (χ4n) is 3.81. The van der Waals surface area contributed by atoms with Gasteiger partial charge in [-0.2, -0.15) is 4.98 Å². The van der Waals surface area contributed by atoms with Gasteiger partial charge in [0.05, 0.1) is 11.8 Å². The van der Waals surface area contributed by atoms with Crippen molar-refractivity contribution < 1.29 is 14.0 Å². The first-order valence-corrected chi connectivity index (χ1v) is 13.2. The second-order valence-electron chi connectivity index (χ2n) is 9.95. The minimum absolute atomic E-state index is 0.0267. The van der Waals surface area contributed by atoms with Crippen LogP contribution in [0.15, 0.2) is 42.6 Å². The summed E-state index contributed by atoms with van der Waals surface area (Å²) in [6, 6.07) is 5.56. The van der Waals surface area contributed by atoms with E-state index in [0.29, 0.717) is 29.6 Å². The zero-order valence-corrected chi connectivity index (χ0v) is 23.3. The van der Waals surface area contributed by atoms with Gasteiger partial charge in [0.1, 0.15) is 17.7 Å². The van der Waals surface area contributed by atoms with Gasteiger partial charge in [-0.25, -0.2) is 9.37 Å². The molecule has 2 aromatic rings. The summed E-state index contributed by atoms with van der Waals surface area (Å²) in [7, 11) is 5.48. The molecule has 1 unspecified atom stereocenters. The largest absolute Gasteiger partial charge is 0.369 e. The van der Waals surface area contributed by atoms with Crippen molar-refractivity contribution in [2.24, 2.45) is 5.92 Å². The Morgan fingerprint density at radius 3 is 2.72 bits per heavy atom. The first-order chi connectivity index (χ1) is 18.7. The first kappa shape index (κ1) is 29.6. The van der Waals surface area contributed by atoms with E-state index < -0.39 is 6.04 Å². The summed E-state index contributed by atoms with van der Waals surface area (Å²) in [5.41, 5.74) is 1.24. The van der Waals surface area contributed by atoms with Gasteiger partial charge < -0.3 is 25.8 Å². The van der Waals surface area contributed by atoms with Gasteiger partial charge in [-0.05, 0) is 58.5 Å². The molecule has 0 spiro atoms. The number of aromatic nitrogens is 2. The first-order valence-electron chi connectivity index (χ1n) is 13.2. The minimum atomic E-state index is -0.574. The van der Waals surface area contributed by atoms with E-state index in [2.05, 4.69) is 44.7 Å². The number of halogens is 1. The lowest BCUT2D eigenvalue weighted by Crippen LogP contribution is -2.51. The van der Waals surface area contributed by atoms with Gasteiger partial charge in [-0.1, -0.05) is 30.9 Å². The molecule has 1 atom stereocenters. The van der Waals surface area contributed by atoms with Crippen molar-refractivity contribution in [3.05, 3.63) is 54.0 Å². The Kier molecular flexibility index (Phi) is 10.8. The van der Waals surface area contributed by atoms with Gasteiger partial charge in [-0.3, -0.25) is 9.59 Å². The summed E-state index contributed by atoms with van der Waals surface area (Å²) in [5.74, 6) is 6.83. The number of nitrogens with zero attached hydrogens (tertiary/aromatic N) is 4. The standard InChI is InChI=1S/C29H38FN7O2/c1-6-14-31-27-22(19-32-29(35-27)34-24-10-7-9-23(30)18-24)13-12-21-16-25(17-21)33-28(39)20(2)37(5)26(38)11-8-15-36(3)4/h7-11,18-21,25H,6,14-17H2,1-5H3,(H,33,39)(H2,31,32,34,35). The van der Waals surface area contributed by atoms with Crippen LogP contribution in [0, 0.1) is 23.6 Å². The number of hydrogen-bond acceptors (Lipinski definition) is 7. The van der Waals surface area contributed by atoms with E-state index in [4.69, 9.17) is 0 Å². The molecular weight excluding hydrogens is 497 g/mol. The maximum absolute atomic E-state index is 13.5. The van der Waals surface area contributed by atoms with Crippen LogP contribution in [0.3, 0.4) is 0 Å². The monoisotopic (exact) mass is 535 g/mol. The highest BCUT2D eigenvalue weighted by molar-refractivity contribution is 5.92. The summed E-state index contributed by atoms with van der Waals surface area (Å²) in [4.78, 5) is 37.2. The van der Waals surface area contributed by atoms with Gasteiger partial charge >= 0.3 is 0 Å². The molecule has 1 aliphatic carbocycles. The Bertz CT molecular complexity index is 1230. The average Bonchev–Trinajstić information content (AvgIpc) is 2.88. The number of nitrogens with one attached hydrogen (secondary N) is 3. The Morgan fingerprint density at radius 1 is 1.26 bits per heavy atom.